The van der Waals surface area contributed by atoms with Gasteiger partial charge in [-0.25, -0.2) is 0 Å². The van der Waals surface area contributed by atoms with Crippen molar-refractivity contribution >= 4 is 39.3 Å². The third-order valence-corrected chi connectivity index (χ3v) is 6.05. The second-order valence-electron chi connectivity index (χ2n) is 7.92. The van der Waals surface area contributed by atoms with Crippen molar-refractivity contribution in [2.75, 3.05) is 7.11 Å². The van der Waals surface area contributed by atoms with Gasteiger partial charge in [-0.05, 0) is 67.8 Å². The number of nitrogens with one attached hydrogen (secondary N) is 1. The van der Waals surface area contributed by atoms with Gasteiger partial charge in [-0.2, -0.15) is 0 Å². The molecule has 0 unspecified atom stereocenters. The van der Waals surface area contributed by atoms with Crippen LogP contribution in [0.4, 0.5) is 0 Å². The summed E-state index contributed by atoms with van der Waals surface area (Å²) >= 11 is 6.16. The van der Waals surface area contributed by atoms with Gasteiger partial charge in [-0.15, -0.1) is 0 Å². The van der Waals surface area contributed by atoms with Gasteiger partial charge in [-0.1, -0.05) is 11.6 Å². The molecular weight excluding hydrogens is 398 g/mol. The summed E-state index contributed by atoms with van der Waals surface area (Å²) in [5.41, 5.74) is 4.93. The molecule has 6 heteroatoms. The summed E-state index contributed by atoms with van der Waals surface area (Å²) in [4.78, 5) is 13.1. The van der Waals surface area contributed by atoms with E-state index in [0.717, 1.165) is 39.5 Å². The topological polar surface area (TPSA) is 48.2 Å². The summed E-state index contributed by atoms with van der Waals surface area (Å²) in [5.74, 6) is 0.754. The van der Waals surface area contributed by atoms with Crippen LogP contribution in [0, 0.1) is 6.92 Å². The fourth-order valence-electron chi connectivity index (χ4n) is 4.34. The fraction of sp³-hybridized carbons (Fsp3) is 0.292. The molecule has 0 radical (unpaired) electrons. The molecule has 0 spiro atoms. The van der Waals surface area contributed by atoms with E-state index in [1.165, 1.54) is 5.56 Å². The van der Waals surface area contributed by atoms with Gasteiger partial charge in [-0.3, -0.25) is 4.79 Å². The van der Waals surface area contributed by atoms with E-state index >= 15 is 0 Å². The monoisotopic (exact) mass is 423 g/mol. The van der Waals surface area contributed by atoms with Gasteiger partial charge in [0.2, 0.25) is 0 Å². The second kappa shape index (κ2) is 7.73. The number of aromatic nitrogens is 2. The van der Waals surface area contributed by atoms with Gasteiger partial charge in [0.1, 0.15) is 11.4 Å². The summed E-state index contributed by atoms with van der Waals surface area (Å²) in [7, 11) is 5.62. The average molecular weight is 424 g/mol. The minimum atomic E-state index is -0.0763. The molecule has 4 aromatic rings. The molecule has 0 aliphatic carbocycles. The minimum absolute atomic E-state index is 0.0321. The van der Waals surface area contributed by atoms with Gasteiger partial charge in [0.25, 0.3) is 5.91 Å². The van der Waals surface area contributed by atoms with Crippen molar-refractivity contribution in [1.82, 2.24) is 14.5 Å². The standard InChI is InChI=1S/C24H26ClN3O2/c1-14(10-16-13-27(3)21-9-7-18(30-5)12-20(16)21)26-24(29)23-15(2)19-11-17(25)6-8-22(19)28(23)4/h6-9,11-14H,10H2,1-5H3,(H,26,29)/t14-/m1/s1. The van der Waals surface area contributed by atoms with Crippen LogP contribution in [0.1, 0.15) is 28.5 Å². The Bertz CT molecular complexity index is 1270. The molecule has 1 atom stereocenters. The average Bonchev–Trinajstić information content (AvgIpc) is 3.14. The molecule has 0 saturated heterocycles. The summed E-state index contributed by atoms with van der Waals surface area (Å²) < 4.78 is 9.43. The van der Waals surface area contributed by atoms with Crippen LogP contribution in [0.25, 0.3) is 21.8 Å². The van der Waals surface area contributed by atoms with Crippen LogP contribution < -0.4 is 10.1 Å². The highest BCUT2D eigenvalue weighted by Gasteiger charge is 2.20. The molecule has 0 fully saturated rings. The van der Waals surface area contributed by atoms with Crippen molar-refractivity contribution in [2.24, 2.45) is 14.1 Å². The van der Waals surface area contributed by atoms with Gasteiger partial charge < -0.3 is 19.2 Å². The molecule has 156 valence electrons. The first-order valence-corrected chi connectivity index (χ1v) is 10.3. The lowest BCUT2D eigenvalue weighted by Gasteiger charge is -2.15. The SMILES string of the molecule is COc1ccc2c(c1)c(C[C@@H](C)NC(=O)c1c(C)c3cc(Cl)ccc3n1C)cn2C. The molecule has 2 heterocycles. The van der Waals surface area contributed by atoms with Crippen molar-refractivity contribution in [1.29, 1.82) is 0 Å². The molecule has 0 aliphatic heterocycles. The summed E-state index contributed by atoms with van der Waals surface area (Å²) in [6, 6.07) is 11.8. The smallest absolute Gasteiger partial charge is 0.268 e. The largest absolute Gasteiger partial charge is 0.497 e. The molecule has 30 heavy (non-hydrogen) atoms. The van der Waals surface area contributed by atoms with Gasteiger partial charge in [0.15, 0.2) is 0 Å². The van der Waals surface area contributed by atoms with Crippen LogP contribution >= 0.6 is 11.6 Å². The summed E-state index contributed by atoms with van der Waals surface area (Å²) in [5, 5.41) is 5.99. The number of rotatable bonds is 5. The Balaban J connectivity index is 1.59. The maximum absolute atomic E-state index is 13.1. The Morgan fingerprint density at radius 1 is 1.13 bits per heavy atom. The molecule has 2 aromatic heterocycles. The lowest BCUT2D eigenvalue weighted by atomic mass is 10.1. The number of hydrogen-bond donors (Lipinski definition) is 1. The van der Waals surface area contributed by atoms with E-state index < -0.39 is 0 Å². The number of hydrogen-bond acceptors (Lipinski definition) is 2. The number of fused-ring (bicyclic) bond motifs is 2. The summed E-state index contributed by atoms with van der Waals surface area (Å²) in [6.07, 6.45) is 2.85. The molecule has 0 bridgehead atoms. The number of nitrogens with zero attached hydrogens (tertiary/aromatic N) is 2. The lowest BCUT2D eigenvalue weighted by Crippen LogP contribution is -2.35. The van der Waals surface area contributed by atoms with Crippen molar-refractivity contribution in [3.05, 3.63) is 64.4 Å². The van der Waals surface area contributed by atoms with Crippen LogP contribution in [0.3, 0.4) is 0 Å². The predicted octanol–water partition coefficient (Wildman–Crippen LogP) is 5.00. The first-order valence-electron chi connectivity index (χ1n) is 9.97. The van der Waals surface area contributed by atoms with Crippen molar-refractivity contribution in [3.63, 3.8) is 0 Å². The van der Waals surface area contributed by atoms with E-state index in [2.05, 4.69) is 28.2 Å². The number of carbonyl (C=O) groups is 1. The first-order chi connectivity index (χ1) is 14.3. The van der Waals surface area contributed by atoms with E-state index in [-0.39, 0.29) is 11.9 Å². The van der Waals surface area contributed by atoms with E-state index in [9.17, 15) is 4.79 Å². The molecule has 2 aromatic carbocycles. The Hall–Kier alpha value is -2.92. The molecule has 1 N–H and O–H groups in total. The third-order valence-electron chi connectivity index (χ3n) is 5.81. The lowest BCUT2D eigenvalue weighted by molar-refractivity contribution is 0.0931. The zero-order valence-electron chi connectivity index (χ0n) is 17.9. The first kappa shape index (κ1) is 20.4. The zero-order valence-corrected chi connectivity index (χ0v) is 18.7. The maximum Gasteiger partial charge on any atom is 0.268 e. The number of methoxy groups -OCH3 is 1. The number of aryl methyl sites for hydroxylation is 3. The molecule has 4 rings (SSSR count). The van der Waals surface area contributed by atoms with E-state index in [4.69, 9.17) is 16.3 Å². The molecule has 5 nitrogen and oxygen atoms in total. The number of ether oxygens (including phenoxy) is 1. The highest BCUT2D eigenvalue weighted by atomic mass is 35.5. The third kappa shape index (κ3) is 3.43. The Labute approximate surface area is 181 Å². The number of amides is 1. The van der Waals surface area contributed by atoms with Crippen molar-refractivity contribution in [3.8, 4) is 5.75 Å². The maximum atomic E-state index is 13.1. The predicted molar refractivity (Wildman–Crippen MR) is 123 cm³/mol. The van der Waals surface area contributed by atoms with Crippen molar-refractivity contribution < 1.29 is 9.53 Å². The highest BCUT2D eigenvalue weighted by Crippen LogP contribution is 2.28. The fourth-order valence-corrected chi connectivity index (χ4v) is 4.51. The quantitative estimate of drug-likeness (QED) is 0.491. The molecule has 0 saturated carbocycles. The van der Waals surface area contributed by atoms with E-state index in [1.807, 2.05) is 56.8 Å². The van der Waals surface area contributed by atoms with Gasteiger partial charge >= 0.3 is 0 Å². The second-order valence-corrected chi connectivity index (χ2v) is 8.36. The summed E-state index contributed by atoms with van der Waals surface area (Å²) in [6.45, 7) is 4.00. The molecular formula is C24H26ClN3O2. The Morgan fingerprint density at radius 3 is 2.60 bits per heavy atom. The van der Waals surface area contributed by atoms with Crippen LogP contribution in [0.15, 0.2) is 42.6 Å². The minimum Gasteiger partial charge on any atom is -0.497 e. The normalized spacial score (nSPS) is 12.5. The van der Waals surface area contributed by atoms with E-state index in [1.54, 1.807) is 7.11 Å². The number of carbonyl (C=O) groups excluding carboxylic acids is 1. The van der Waals surface area contributed by atoms with Gasteiger partial charge in [0.05, 0.1) is 7.11 Å². The Kier molecular flexibility index (Phi) is 5.24. The van der Waals surface area contributed by atoms with Crippen LogP contribution in [-0.2, 0) is 20.5 Å². The van der Waals surface area contributed by atoms with Crippen LogP contribution in [-0.4, -0.2) is 28.2 Å². The van der Waals surface area contributed by atoms with Crippen LogP contribution in [0.5, 0.6) is 5.75 Å². The molecule has 1 amide bonds. The number of halogens is 1. The highest BCUT2D eigenvalue weighted by molar-refractivity contribution is 6.31. The van der Waals surface area contributed by atoms with E-state index in [0.29, 0.717) is 10.7 Å². The molecule has 0 aliphatic rings. The zero-order chi connectivity index (χ0) is 21.6. The van der Waals surface area contributed by atoms with Gasteiger partial charge in [0, 0.05) is 53.2 Å². The number of benzene rings is 2. The van der Waals surface area contributed by atoms with Crippen molar-refractivity contribution in [2.45, 2.75) is 26.3 Å². The Morgan fingerprint density at radius 2 is 1.87 bits per heavy atom. The van der Waals surface area contributed by atoms with Crippen LogP contribution in [0.2, 0.25) is 5.02 Å².